The number of esters is 1. The molecule has 2 aromatic rings. The molecule has 0 saturated heterocycles. The Labute approximate surface area is 158 Å². The highest BCUT2D eigenvalue weighted by Crippen LogP contribution is 2.14. The molecule has 1 atom stereocenters. The van der Waals surface area contributed by atoms with Crippen LogP contribution >= 0.6 is 11.6 Å². The summed E-state index contributed by atoms with van der Waals surface area (Å²) in [4.78, 5) is 35.6. The number of anilines is 1. The molecule has 0 saturated carbocycles. The average molecular weight is 397 g/mol. The summed E-state index contributed by atoms with van der Waals surface area (Å²) >= 11 is 5.73. The van der Waals surface area contributed by atoms with Crippen LogP contribution in [-0.4, -0.2) is 30.4 Å². The van der Waals surface area contributed by atoms with Crippen molar-refractivity contribution >= 4 is 35.1 Å². The number of carbonyl (C=O) groups is 3. The third kappa shape index (κ3) is 6.03. The van der Waals surface area contributed by atoms with Crippen molar-refractivity contribution in [1.29, 1.82) is 0 Å². The van der Waals surface area contributed by atoms with Crippen LogP contribution in [0.25, 0.3) is 0 Å². The molecule has 142 valence electrons. The maximum atomic E-state index is 13.4. The van der Waals surface area contributed by atoms with Gasteiger partial charge in [0.15, 0.2) is 6.61 Å². The van der Waals surface area contributed by atoms with Crippen LogP contribution in [-0.2, 0) is 14.3 Å². The Balaban J connectivity index is 1.82. The van der Waals surface area contributed by atoms with Crippen molar-refractivity contribution < 1.29 is 27.9 Å². The van der Waals surface area contributed by atoms with E-state index in [0.717, 1.165) is 12.1 Å². The van der Waals surface area contributed by atoms with Gasteiger partial charge in [-0.3, -0.25) is 9.59 Å². The molecule has 0 heterocycles. The Morgan fingerprint density at radius 1 is 1.11 bits per heavy atom. The number of nitrogens with one attached hydrogen (secondary N) is 2. The maximum absolute atomic E-state index is 13.4. The van der Waals surface area contributed by atoms with Gasteiger partial charge in [-0.2, -0.15) is 0 Å². The van der Waals surface area contributed by atoms with Crippen LogP contribution in [0.4, 0.5) is 14.5 Å². The molecule has 2 rings (SSSR count). The molecule has 9 heteroatoms. The number of hydrogen-bond acceptors (Lipinski definition) is 4. The van der Waals surface area contributed by atoms with E-state index < -0.39 is 42.1 Å². The molecule has 27 heavy (non-hydrogen) atoms. The minimum Gasteiger partial charge on any atom is -0.454 e. The fraction of sp³-hybridized carbons (Fsp3) is 0.167. The van der Waals surface area contributed by atoms with E-state index in [1.165, 1.54) is 31.2 Å². The van der Waals surface area contributed by atoms with E-state index in [2.05, 4.69) is 10.6 Å². The molecule has 0 aliphatic heterocycles. The summed E-state index contributed by atoms with van der Waals surface area (Å²) in [7, 11) is 0. The van der Waals surface area contributed by atoms with Gasteiger partial charge in [0.2, 0.25) is 0 Å². The topological polar surface area (TPSA) is 84.5 Å². The zero-order chi connectivity index (χ0) is 20.0. The van der Waals surface area contributed by atoms with E-state index in [1.807, 2.05) is 0 Å². The first-order valence-electron chi connectivity index (χ1n) is 7.74. The summed E-state index contributed by atoms with van der Waals surface area (Å²) in [5.74, 6) is -3.94. The van der Waals surface area contributed by atoms with Crippen LogP contribution < -0.4 is 10.6 Å². The lowest BCUT2D eigenvalue weighted by molar-refractivity contribution is -0.148. The number of ether oxygens (including phenoxy) is 1. The summed E-state index contributed by atoms with van der Waals surface area (Å²) in [6.45, 7) is 0.685. The van der Waals surface area contributed by atoms with E-state index in [4.69, 9.17) is 16.3 Å². The lowest BCUT2D eigenvalue weighted by Crippen LogP contribution is -2.40. The fourth-order valence-electron chi connectivity index (χ4n) is 1.98. The minimum absolute atomic E-state index is 0.249. The van der Waals surface area contributed by atoms with Crippen LogP contribution in [0.2, 0.25) is 5.02 Å². The van der Waals surface area contributed by atoms with E-state index in [9.17, 15) is 23.2 Å². The van der Waals surface area contributed by atoms with Crippen molar-refractivity contribution in [2.75, 3.05) is 11.9 Å². The Hall–Kier alpha value is -3.00. The van der Waals surface area contributed by atoms with Gasteiger partial charge < -0.3 is 15.4 Å². The molecule has 0 aromatic heterocycles. The van der Waals surface area contributed by atoms with E-state index in [-0.39, 0.29) is 5.69 Å². The molecular formula is C18H15ClF2N2O4. The molecule has 0 radical (unpaired) electrons. The van der Waals surface area contributed by atoms with Crippen molar-refractivity contribution in [1.82, 2.24) is 5.32 Å². The van der Waals surface area contributed by atoms with Crippen LogP contribution in [0.15, 0.2) is 42.5 Å². The van der Waals surface area contributed by atoms with Gasteiger partial charge in [-0.25, -0.2) is 13.6 Å². The summed E-state index contributed by atoms with van der Waals surface area (Å²) in [6.07, 6.45) is 0. The maximum Gasteiger partial charge on any atom is 0.328 e. The first-order valence-corrected chi connectivity index (χ1v) is 8.12. The number of halogens is 3. The summed E-state index contributed by atoms with van der Waals surface area (Å²) < 4.78 is 31.0. The highest BCUT2D eigenvalue weighted by Gasteiger charge is 2.19. The molecule has 2 amide bonds. The van der Waals surface area contributed by atoms with E-state index in [1.54, 1.807) is 0 Å². The predicted molar refractivity (Wildman–Crippen MR) is 94.3 cm³/mol. The van der Waals surface area contributed by atoms with Crippen LogP contribution in [0.3, 0.4) is 0 Å². The normalized spacial score (nSPS) is 11.4. The first-order chi connectivity index (χ1) is 12.8. The molecule has 2 aromatic carbocycles. The predicted octanol–water partition coefficient (Wildman–Crippen LogP) is 2.92. The van der Waals surface area contributed by atoms with Gasteiger partial charge in [0.1, 0.15) is 17.7 Å². The standard InChI is InChI=1S/C18H15ClF2N2O4/c1-10(22-17(25)11-2-4-12(19)5-3-11)18(26)27-9-16(24)23-15-7-6-13(20)8-14(15)21/h2-8,10H,9H2,1H3,(H,22,25)(H,23,24)/t10-/m0/s1. The molecule has 0 fully saturated rings. The van der Waals surface area contributed by atoms with Gasteiger partial charge in [-0.05, 0) is 43.3 Å². The van der Waals surface area contributed by atoms with Gasteiger partial charge in [0.05, 0.1) is 5.69 Å². The lowest BCUT2D eigenvalue weighted by Gasteiger charge is -2.13. The smallest absolute Gasteiger partial charge is 0.328 e. The molecule has 0 spiro atoms. The largest absolute Gasteiger partial charge is 0.454 e. The highest BCUT2D eigenvalue weighted by molar-refractivity contribution is 6.30. The number of hydrogen-bond donors (Lipinski definition) is 2. The molecular weight excluding hydrogens is 382 g/mol. The second kappa shape index (κ2) is 9.09. The molecule has 0 aliphatic rings. The van der Waals surface area contributed by atoms with Crippen molar-refractivity contribution in [3.63, 3.8) is 0 Å². The van der Waals surface area contributed by atoms with Gasteiger partial charge in [-0.15, -0.1) is 0 Å². The number of amides is 2. The van der Waals surface area contributed by atoms with Crippen molar-refractivity contribution in [2.24, 2.45) is 0 Å². The zero-order valence-corrected chi connectivity index (χ0v) is 14.8. The van der Waals surface area contributed by atoms with E-state index >= 15 is 0 Å². The molecule has 6 nitrogen and oxygen atoms in total. The molecule has 2 N–H and O–H groups in total. The highest BCUT2D eigenvalue weighted by atomic mass is 35.5. The zero-order valence-electron chi connectivity index (χ0n) is 14.1. The van der Waals surface area contributed by atoms with Crippen LogP contribution in [0.1, 0.15) is 17.3 Å². The molecule has 0 bridgehead atoms. The Morgan fingerprint density at radius 2 is 1.78 bits per heavy atom. The van der Waals surface area contributed by atoms with E-state index in [0.29, 0.717) is 16.7 Å². The SMILES string of the molecule is C[C@H](NC(=O)c1ccc(Cl)cc1)C(=O)OCC(=O)Nc1ccc(F)cc1F. The number of carbonyl (C=O) groups excluding carboxylic acids is 3. The van der Waals surface area contributed by atoms with Gasteiger partial charge in [0, 0.05) is 16.7 Å². The van der Waals surface area contributed by atoms with Crippen molar-refractivity contribution in [2.45, 2.75) is 13.0 Å². The molecule has 0 unspecified atom stereocenters. The fourth-order valence-corrected chi connectivity index (χ4v) is 2.10. The molecule has 0 aliphatic carbocycles. The summed E-state index contributed by atoms with van der Waals surface area (Å²) in [5.41, 5.74) is 0.0464. The third-order valence-electron chi connectivity index (χ3n) is 3.36. The Bertz CT molecular complexity index is 859. The van der Waals surface area contributed by atoms with Gasteiger partial charge in [-0.1, -0.05) is 11.6 Å². The number of rotatable bonds is 6. The summed E-state index contributed by atoms with van der Waals surface area (Å²) in [6, 6.07) is 7.62. The van der Waals surface area contributed by atoms with Crippen molar-refractivity contribution in [3.05, 3.63) is 64.7 Å². The second-order valence-electron chi connectivity index (χ2n) is 5.48. The monoisotopic (exact) mass is 396 g/mol. The summed E-state index contributed by atoms with van der Waals surface area (Å²) in [5, 5.41) is 5.02. The average Bonchev–Trinajstić information content (AvgIpc) is 2.62. The van der Waals surface area contributed by atoms with Crippen LogP contribution in [0.5, 0.6) is 0 Å². The van der Waals surface area contributed by atoms with Crippen molar-refractivity contribution in [3.8, 4) is 0 Å². The number of benzene rings is 2. The Morgan fingerprint density at radius 3 is 2.41 bits per heavy atom. The Kier molecular flexibility index (Phi) is 6.84. The quantitative estimate of drug-likeness (QED) is 0.735. The second-order valence-corrected chi connectivity index (χ2v) is 5.92. The van der Waals surface area contributed by atoms with Crippen LogP contribution in [0, 0.1) is 11.6 Å². The first kappa shape index (κ1) is 20.3. The third-order valence-corrected chi connectivity index (χ3v) is 3.61. The minimum atomic E-state index is -1.02. The van der Waals surface area contributed by atoms with Gasteiger partial charge >= 0.3 is 5.97 Å². The lowest BCUT2D eigenvalue weighted by atomic mass is 10.2. The van der Waals surface area contributed by atoms with Gasteiger partial charge in [0.25, 0.3) is 11.8 Å².